The summed E-state index contributed by atoms with van der Waals surface area (Å²) < 4.78 is 0. The summed E-state index contributed by atoms with van der Waals surface area (Å²) in [5.74, 6) is 0.686. The summed E-state index contributed by atoms with van der Waals surface area (Å²) in [5, 5.41) is 9.54. The number of carbonyl (C=O) groups is 2. The summed E-state index contributed by atoms with van der Waals surface area (Å²) in [5.41, 5.74) is 1.19. The molecule has 1 aromatic rings. The van der Waals surface area contributed by atoms with Crippen LogP contribution in [0.3, 0.4) is 0 Å². The largest absolute Gasteiger partial charge is 0.375 e. The minimum absolute atomic E-state index is 0.0321. The summed E-state index contributed by atoms with van der Waals surface area (Å²) in [7, 11) is 7.22. The molecule has 2 amide bonds. The van der Waals surface area contributed by atoms with Gasteiger partial charge in [0.05, 0.1) is 6.54 Å². The number of nitrogens with one attached hydrogen (secondary N) is 3. The van der Waals surface area contributed by atoms with E-state index in [4.69, 9.17) is 0 Å². The summed E-state index contributed by atoms with van der Waals surface area (Å²) in [6.07, 6.45) is 2.80. The molecule has 2 rings (SSSR count). The fourth-order valence-electron chi connectivity index (χ4n) is 3.49. The average molecular weight is 446 g/mol. The molecular weight excluding hydrogens is 406 g/mol. The van der Waals surface area contributed by atoms with Crippen LogP contribution >= 0.6 is 0 Å². The number of aliphatic imine (C=N–C) groups is 1. The van der Waals surface area contributed by atoms with Gasteiger partial charge in [0.25, 0.3) is 0 Å². The Hall–Kier alpha value is -2.81. The molecule has 0 radical (unpaired) electrons. The van der Waals surface area contributed by atoms with Gasteiger partial charge in [-0.1, -0.05) is 18.2 Å². The van der Waals surface area contributed by atoms with Crippen LogP contribution in [0.5, 0.6) is 0 Å². The van der Waals surface area contributed by atoms with E-state index in [9.17, 15) is 9.59 Å². The highest BCUT2D eigenvalue weighted by atomic mass is 16.2. The Morgan fingerprint density at radius 3 is 2.44 bits per heavy atom. The van der Waals surface area contributed by atoms with Gasteiger partial charge in [-0.2, -0.15) is 0 Å². The minimum Gasteiger partial charge on any atom is -0.375 e. The lowest BCUT2D eigenvalue weighted by molar-refractivity contribution is -0.127. The van der Waals surface area contributed by atoms with E-state index in [1.54, 1.807) is 26.0 Å². The number of likely N-dealkylation sites (N-methyl/N-ethyl adjacent to an activating group) is 2. The molecule has 0 bridgehead atoms. The minimum atomic E-state index is -0.0321. The van der Waals surface area contributed by atoms with Crippen molar-refractivity contribution in [2.24, 2.45) is 4.99 Å². The van der Waals surface area contributed by atoms with Crippen molar-refractivity contribution >= 4 is 23.5 Å². The maximum absolute atomic E-state index is 12.0. The molecule has 0 unspecified atom stereocenters. The second-order valence-electron chi connectivity index (χ2n) is 8.36. The summed E-state index contributed by atoms with van der Waals surface area (Å²) in [4.78, 5) is 34.0. The molecule has 3 N–H and O–H groups in total. The molecule has 0 saturated carbocycles. The Morgan fingerprint density at radius 1 is 1.12 bits per heavy atom. The summed E-state index contributed by atoms with van der Waals surface area (Å²) in [6.45, 7) is 3.94. The number of para-hydroxylation sites is 1. The van der Waals surface area contributed by atoms with Gasteiger partial charge in [-0.05, 0) is 31.4 Å². The van der Waals surface area contributed by atoms with Crippen molar-refractivity contribution in [1.82, 2.24) is 25.8 Å². The van der Waals surface area contributed by atoms with Gasteiger partial charge >= 0.3 is 0 Å². The first kappa shape index (κ1) is 25.5. The number of hydrogen-bond acceptors (Lipinski definition) is 5. The fourth-order valence-corrected chi connectivity index (χ4v) is 3.49. The van der Waals surface area contributed by atoms with Gasteiger partial charge in [0.2, 0.25) is 11.8 Å². The SMILES string of the molecule is CNC(=O)CN1CCC(NC(=NCC(=O)N(C)C)NCCCN(C)c2ccccc2)CC1. The number of guanidine groups is 1. The summed E-state index contributed by atoms with van der Waals surface area (Å²) in [6, 6.07) is 10.6. The van der Waals surface area contributed by atoms with Crippen LogP contribution in [0.1, 0.15) is 19.3 Å². The van der Waals surface area contributed by atoms with E-state index in [-0.39, 0.29) is 24.4 Å². The van der Waals surface area contributed by atoms with Gasteiger partial charge in [0, 0.05) is 66.1 Å². The molecule has 1 aliphatic heterocycles. The Labute approximate surface area is 192 Å². The quantitative estimate of drug-likeness (QED) is 0.273. The predicted molar refractivity (Wildman–Crippen MR) is 130 cm³/mol. The Kier molecular flexibility index (Phi) is 10.8. The summed E-state index contributed by atoms with van der Waals surface area (Å²) >= 11 is 0. The van der Waals surface area contributed by atoms with Gasteiger partial charge in [-0.15, -0.1) is 0 Å². The normalized spacial score (nSPS) is 15.2. The van der Waals surface area contributed by atoms with Crippen LogP contribution in [0.2, 0.25) is 0 Å². The number of piperidine rings is 1. The van der Waals surface area contributed by atoms with E-state index in [1.807, 2.05) is 18.2 Å². The van der Waals surface area contributed by atoms with Crippen LogP contribution < -0.4 is 20.9 Å². The number of nitrogens with zero attached hydrogens (tertiary/aromatic N) is 4. The lowest BCUT2D eigenvalue weighted by Gasteiger charge is -2.32. The van der Waals surface area contributed by atoms with Crippen molar-refractivity contribution in [3.05, 3.63) is 30.3 Å². The van der Waals surface area contributed by atoms with Gasteiger partial charge in [0.15, 0.2) is 5.96 Å². The molecule has 1 aromatic carbocycles. The number of anilines is 1. The first-order valence-corrected chi connectivity index (χ1v) is 11.3. The number of hydrogen-bond donors (Lipinski definition) is 3. The van der Waals surface area contributed by atoms with E-state index in [0.717, 1.165) is 45.4 Å². The van der Waals surface area contributed by atoms with Crippen LogP contribution in [-0.2, 0) is 9.59 Å². The van der Waals surface area contributed by atoms with Crippen molar-refractivity contribution in [2.75, 3.05) is 72.4 Å². The van der Waals surface area contributed by atoms with Crippen molar-refractivity contribution in [3.63, 3.8) is 0 Å². The number of benzene rings is 1. The van der Waals surface area contributed by atoms with E-state index in [2.05, 4.69) is 49.9 Å². The molecular formula is C23H39N7O2. The second kappa shape index (κ2) is 13.6. The monoisotopic (exact) mass is 445 g/mol. The smallest absolute Gasteiger partial charge is 0.243 e. The first-order valence-electron chi connectivity index (χ1n) is 11.3. The van der Waals surface area contributed by atoms with E-state index in [1.165, 1.54) is 5.69 Å². The number of amides is 2. The van der Waals surface area contributed by atoms with Gasteiger partial charge in [0.1, 0.15) is 6.54 Å². The molecule has 0 spiro atoms. The van der Waals surface area contributed by atoms with Crippen LogP contribution in [-0.4, -0.2) is 101 Å². The highest BCUT2D eigenvalue weighted by molar-refractivity contribution is 5.85. The van der Waals surface area contributed by atoms with Crippen molar-refractivity contribution in [3.8, 4) is 0 Å². The number of carbonyl (C=O) groups excluding carboxylic acids is 2. The van der Waals surface area contributed by atoms with Crippen molar-refractivity contribution < 1.29 is 9.59 Å². The maximum Gasteiger partial charge on any atom is 0.243 e. The predicted octanol–water partition coefficient (Wildman–Crippen LogP) is 0.347. The number of likely N-dealkylation sites (tertiary alicyclic amines) is 1. The molecule has 9 heteroatoms. The standard InChI is InChI=1S/C23H39N7O2/c1-24-21(31)18-30-15-11-19(12-16-30)27-23(26-17-22(32)28(2)3)25-13-8-14-29(4)20-9-6-5-7-10-20/h5-7,9-10,19H,8,11-18H2,1-4H3,(H,24,31)(H2,25,26,27). The zero-order chi connectivity index (χ0) is 23.3. The molecule has 32 heavy (non-hydrogen) atoms. The number of rotatable bonds is 10. The maximum atomic E-state index is 12.0. The molecule has 0 aromatic heterocycles. The van der Waals surface area contributed by atoms with Crippen LogP contribution in [0.25, 0.3) is 0 Å². The molecule has 1 saturated heterocycles. The molecule has 1 fully saturated rings. The Balaban J connectivity index is 1.83. The van der Waals surface area contributed by atoms with Crippen molar-refractivity contribution in [2.45, 2.75) is 25.3 Å². The van der Waals surface area contributed by atoms with E-state index < -0.39 is 0 Å². The molecule has 178 valence electrons. The molecule has 0 aliphatic carbocycles. The van der Waals surface area contributed by atoms with Crippen LogP contribution in [0.4, 0.5) is 5.69 Å². The fraction of sp³-hybridized carbons (Fsp3) is 0.609. The lowest BCUT2D eigenvalue weighted by atomic mass is 10.1. The highest BCUT2D eigenvalue weighted by Gasteiger charge is 2.21. The average Bonchev–Trinajstić information content (AvgIpc) is 2.81. The van der Waals surface area contributed by atoms with Crippen molar-refractivity contribution in [1.29, 1.82) is 0 Å². The molecule has 1 aliphatic rings. The molecule has 1 heterocycles. The van der Waals surface area contributed by atoms with E-state index >= 15 is 0 Å². The lowest BCUT2D eigenvalue weighted by Crippen LogP contribution is -2.50. The zero-order valence-corrected chi connectivity index (χ0v) is 19.9. The third-order valence-corrected chi connectivity index (χ3v) is 5.61. The topological polar surface area (TPSA) is 92.3 Å². The second-order valence-corrected chi connectivity index (χ2v) is 8.36. The first-order chi connectivity index (χ1) is 15.4. The Bertz CT molecular complexity index is 731. The zero-order valence-electron chi connectivity index (χ0n) is 19.9. The van der Waals surface area contributed by atoms with Crippen LogP contribution in [0.15, 0.2) is 35.3 Å². The van der Waals surface area contributed by atoms with Crippen LogP contribution in [0, 0.1) is 0 Å². The third-order valence-electron chi connectivity index (χ3n) is 5.61. The van der Waals surface area contributed by atoms with Gasteiger partial charge in [-0.25, -0.2) is 4.99 Å². The third kappa shape index (κ3) is 9.13. The molecule has 9 nitrogen and oxygen atoms in total. The van der Waals surface area contributed by atoms with E-state index in [0.29, 0.717) is 12.5 Å². The Morgan fingerprint density at radius 2 is 1.81 bits per heavy atom. The molecule has 0 atom stereocenters. The van der Waals surface area contributed by atoms with Gasteiger partial charge < -0.3 is 25.8 Å². The van der Waals surface area contributed by atoms with Gasteiger partial charge in [-0.3, -0.25) is 14.5 Å². The highest BCUT2D eigenvalue weighted by Crippen LogP contribution is 2.11.